The Hall–Kier alpha value is -2.37. The van der Waals surface area contributed by atoms with Crippen LogP contribution < -0.4 is 10.1 Å². The smallest absolute Gasteiger partial charge is 0.255 e. The van der Waals surface area contributed by atoms with Gasteiger partial charge in [0.15, 0.2) is 6.10 Å². The summed E-state index contributed by atoms with van der Waals surface area (Å²) in [4.78, 5) is 12.2. The average molecular weight is 341 g/mol. The zero-order valence-electron chi connectivity index (χ0n) is 14.5. The van der Waals surface area contributed by atoms with Crippen molar-refractivity contribution in [2.45, 2.75) is 26.1 Å². The molecule has 0 bridgehead atoms. The molecule has 0 unspecified atom stereocenters. The normalized spacial score (nSPS) is 18.4. The van der Waals surface area contributed by atoms with E-state index in [0.717, 1.165) is 22.6 Å². The third kappa shape index (κ3) is 4.59. The number of benzene rings is 2. The van der Waals surface area contributed by atoms with Crippen molar-refractivity contribution in [3.63, 3.8) is 0 Å². The van der Waals surface area contributed by atoms with Gasteiger partial charge in [-0.1, -0.05) is 30.3 Å². The fourth-order valence-electron chi connectivity index (χ4n) is 2.70. The lowest BCUT2D eigenvalue weighted by atomic mass is 10.1. The predicted molar refractivity (Wildman–Crippen MR) is 95.9 cm³/mol. The van der Waals surface area contributed by atoms with Crippen LogP contribution in [0.25, 0.3) is 0 Å². The minimum atomic E-state index is -0.554. The van der Waals surface area contributed by atoms with E-state index in [4.69, 9.17) is 14.2 Å². The van der Waals surface area contributed by atoms with E-state index in [1.165, 1.54) is 0 Å². The molecule has 2 atom stereocenters. The minimum absolute atomic E-state index is 0.0474. The molecule has 3 rings (SSSR count). The number of hydrogen-bond donors (Lipinski definition) is 1. The third-order valence-electron chi connectivity index (χ3n) is 4.15. The second kappa shape index (κ2) is 8.14. The van der Waals surface area contributed by atoms with Crippen LogP contribution in [0.2, 0.25) is 0 Å². The third-order valence-corrected chi connectivity index (χ3v) is 4.15. The summed E-state index contributed by atoms with van der Waals surface area (Å²) in [5, 5.41) is 2.89. The summed E-state index contributed by atoms with van der Waals surface area (Å²) in [7, 11) is 0. The van der Waals surface area contributed by atoms with E-state index in [0.29, 0.717) is 19.8 Å². The molecule has 1 aliphatic heterocycles. The molecule has 1 heterocycles. The summed E-state index contributed by atoms with van der Waals surface area (Å²) in [5.74, 6) is 0.582. The molecule has 25 heavy (non-hydrogen) atoms. The van der Waals surface area contributed by atoms with Gasteiger partial charge in [0.25, 0.3) is 5.91 Å². The molecule has 5 nitrogen and oxygen atoms in total. The quantitative estimate of drug-likeness (QED) is 0.904. The highest BCUT2D eigenvalue weighted by Gasteiger charge is 2.23. The topological polar surface area (TPSA) is 56.8 Å². The number of ether oxygens (including phenoxy) is 3. The van der Waals surface area contributed by atoms with Crippen LogP contribution in [0.15, 0.2) is 48.5 Å². The standard InChI is InChI=1S/C20H23NO4/c1-14-12-17(25-15(2)16-6-4-3-5-7-16)8-9-18(14)21-20(22)19-13-23-10-11-24-19/h3-9,12,15,19H,10-11,13H2,1-2H3,(H,21,22)/t15-,19-/m1/s1. The van der Waals surface area contributed by atoms with Gasteiger partial charge in [-0.3, -0.25) is 4.79 Å². The number of rotatable bonds is 5. The Bertz CT molecular complexity index is 711. The molecule has 1 fully saturated rings. The van der Waals surface area contributed by atoms with Crippen LogP contribution in [-0.2, 0) is 14.3 Å². The lowest BCUT2D eigenvalue weighted by molar-refractivity contribution is -0.142. The summed E-state index contributed by atoms with van der Waals surface area (Å²) >= 11 is 0. The van der Waals surface area contributed by atoms with Crippen LogP contribution >= 0.6 is 0 Å². The average Bonchev–Trinajstić information content (AvgIpc) is 2.65. The van der Waals surface area contributed by atoms with E-state index in [1.54, 1.807) is 0 Å². The van der Waals surface area contributed by atoms with Crippen LogP contribution in [0.5, 0.6) is 5.75 Å². The molecule has 5 heteroatoms. The number of amides is 1. The zero-order valence-corrected chi connectivity index (χ0v) is 14.5. The number of carbonyl (C=O) groups is 1. The SMILES string of the molecule is Cc1cc(O[C@H](C)c2ccccc2)ccc1NC(=O)[C@H]1COCCO1. The van der Waals surface area contributed by atoms with Gasteiger partial charge in [-0.15, -0.1) is 0 Å². The highest BCUT2D eigenvalue weighted by Crippen LogP contribution is 2.26. The molecule has 0 spiro atoms. The Morgan fingerprint density at radius 2 is 2.00 bits per heavy atom. The van der Waals surface area contributed by atoms with E-state index in [2.05, 4.69) is 5.32 Å². The van der Waals surface area contributed by atoms with Gasteiger partial charge in [-0.25, -0.2) is 0 Å². The highest BCUT2D eigenvalue weighted by atomic mass is 16.6. The summed E-state index contributed by atoms with van der Waals surface area (Å²) in [6, 6.07) is 15.7. The molecule has 132 valence electrons. The minimum Gasteiger partial charge on any atom is -0.486 e. The fourth-order valence-corrected chi connectivity index (χ4v) is 2.70. The van der Waals surface area contributed by atoms with Gasteiger partial charge < -0.3 is 19.5 Å². The van der Waals surface area contributed by atoms with E-state index in [1.807, 2.05) is 62.4 Å². The van der Waals surface area contributed by atoms with Crippen molar-refractivity contribution in [3.05, 3.63) is 59.7 Å². The predicted octanol–water partition coefficient (Wildman–Crippen LogP) is 3.49. The fraction of sp³-hybridized carbons (Fsp3) is 0.350. The van der Waals surface area contributed by atoms with E-state index < -0.39 is 6.10 Å². The van der Waals surface area contributed by atoms with Crippen molar-refractivity contribution in [1.29, 1.82) is 0 Å². The van der Waals surface area contributed by atoms with Gasteiger partial charge >= 0.3 is 0 Å². The van der Waals surface area contributed by atoms with Gasteiger partial charge in [0.05, 0.1) is 19.8 Å². The first-order chi connectivity index (χ1) is 12.1. The Morgan fingerprint density at radius 1 is 1.20 bits per heavy atom. The molecule has 0 aliphatic carbocycles. The zero-order chi connectivity index (χ0) is 17.6. The molecule has 2 aromatic carbocycles. The summed E-state index contributed by atoms with van der Waals surface area (Å²) < 4.78 is 16.7. The first-order valence-corrected chi connectivity index (χ1v) is 8.46. The number of carbonyl (C=O) groups excluding carboxylic acids is 1. The number of nitrogens with one attached hydrogen (secondary N) is 1. The van der Waals surface area contributed by atoms with E-state index in [9.17, 15) is 4.79 Å². The van der Waals surface area contributed by atoms with Gasteiger partial charge in [0.2, 0.25) is 0 Å². The maximum atomic E-state index is 12.2. The van der Waals surface area contributed by atoms with Crippen molar-refractivity contribution in [3.8, 4) is 5.75 Å². The first-order valence-electron chi connectivity index (χ1n) is 8.46. The highest BCUT2D eigenvalue weighted by molar-refractivity contribution is 5.95. The summed E-state index contributed by atoms with van der Waals surface area (Å²) in [6.07, 6.45) is -0.601. The van der Waals surface area contributed by atoms with Crippen molar-refractivity contribution < 1.29 is 19.0 Å². The van der Waals surface area contributed by atoms with E-state index >= 15 is 0 Å². The second-order valence-corrected chi connectivity index (χ2v) is 6.07. The Morgan fingerprint density at radius 3 is 2.68 bits per heavy atom. The first kappa shape index (κ1) is 17.5. The largest absolute Gasteiger partial charge is 0.486 e. The second-order valence-electron chi connectivity index (χ2n) is 6.07. The summed E-state index contributed by atoms with van der Waals surface area (Å²) in [5.41, 5.74) is 2.80. The monoisotopic (exact) mass is 341 g/mol. The molecule has 1 N–H and O–H groups in total. The Labute approximate surface area is 147 Å². The molecular formula is C20H23NO4. The van der Waals surface area contributed by atoms with Crippen molar-refractivity contribution in [2.24, 2.45) is 0 Å². The molecule has 1 amide bonds. The molecule has 0 aromatic heterocycles. The summed E-state index contributed by atoms with van der Waals surface area (Å²) in [6.45, 7) is 5.23. The maximum absolute atomic E-state index is 12.2. The number of anilines is 1. The molecule has 0 radical (unpaired) electrons. The van der Waals surface area contributed by atoms with Gasteiger partial charge in [-0.2, -0.15) is 0 Å². The van der Waals surface area contributed by atoms with E-state index in [-0.39, 0.29) is 12.0 Å². The van der Waals surface area contributed by atoms with Crippen molar-refractivity contribution >= 4 is 11.6 Å². The van der Waals surface area contributed by atoms with Crippen molar-refractivity contribution in [1.82, 2.24) is 0 Å². The van der Waals surface area contributed by atoms with Crippen LogP contribution in [0.1, 0.15) is 24.2 Å². The van der Waals surface area contributed by atoms with Crippen molar-refractivity contribution in [2.75, 3.05) is 25.1 Å². The molecule has 1 aliphatic rings. The maximum Gasteiger partial charge on any atom is 0.255 e. The van der Waals surface area contributed by atoms with Crippen LogP contribution in [0.3, 0.4) is 0 Å². The Kier molecular flexibility index (Phi) is 5.68. The van der Waals surface area contributed by atoms with Crippen LogP contribution in [0, 0.1) is 6.92 Å². The van der Waals surface area contributed by atoms with Gasteiger partial charge in [-0.05, 0) is 43.2 Å². The lowest BCUT2D eigenvalue weighted by Gasteiger charge is -2.22. The van der Waals surface area contributed by atoms with Gasteiger partial charge in [0, 0.05) is 5.69 Å². The van der Waals surface area contributed by atoms with Crippen LogP contribution in [-0.4, -0.2) is 31.8 Å². The Balaban J connectivity index is 1.63. The van der Waals surface area contributed by atoms with Crippen LogP contribution in [0.4, 0.5) is 5.69 Å². The number of hydrogen-bond acceptors (Lipinski definition) is 4. The lowest BCUT2D eigenvalue weighted by Crippen LogP contribution is -2.39. The molecular weight excluding hydrogens is 318 g/mol. The molecule has 1 saturated heterocycles. The number of aryl methyl sites for hydroxylation is 1. The molecule has 2 aromatic rings. The van der Waals surface area contributed by atoms with Gasteiger partial charge in [0.1, 0.15) is 11.9 Å². The molecule has 0 saturated carbocycles.